The third kappa shape index (κ3) is 10.9. The number of nitrogens with zero attached hydrogens (tertiary/aromatic N) is 2. The lowest BCUT2D eigenvalue weighted by molar-refractivity contribution is -0.156. The van der Waals surface area contributed by atoms with Gasteiger partial charge in [-0.1, -0.05) is 103 Å². The van der Waals surface area contributed by atoms with Crippen LogP contribution < -0.4 is 10.6 Å². The summed E-state index contributed by atoms with van der Waals surface area (Å²) < 4.78 is 5.07. The monoisotopic (exact) mass is 778 g/mol. The lowest BCUT2D eigenvalue weighted by atomic mass is 9.86. The van der Waals surface area contributed by atoms with Gasteiger partial charge < -0.3 is 25.2 Å². The molecule has 11 heteroatoms. The summed E-state index contributed by atoms with van der Waals surface area (Å²) in [5, 5.41) is 6.09. The van der Waals surface area contributed by atoms with E-state index in [9.17, 15) is 24.0 Å². The van der Waals surface area contributed by atoms with Crippen LogP contribution >= 0.6 is 11.8 Å². The van der Waals surface area contributed by atoms with Gasteiger partial charge in [-0.3, -0.25) is 19.2 Å². The highest BCUT2D eigenvalue weighted by molar-refractivity contribution is 7.99. The molecule has 3 heterocycles. The van der Waals surface area contributed by atoms with Crippen LogP contribution in [0.15, 0.2) is 103 Å². The zero-order chi connectivity index (χ0) is 39.3. The van der Waals surface area contributed by atoms with Gasteiger partial charge in [-0.25, -0.2) is 4.79 Å². The zero-order valence-corrected chi connectivity index (χ0v) is 33.0. The number of carbonyl (C=O) groups is 5. The minimum absolute atomic E-state index is 0.108. The molecule has 0 radical (unpaired) electrons. The molecule has 3 aromatic rings. The predicted octanol–water partition coefficient (Wildman–Crippen LogP) is 5.85. The summed E-state index contributed by atoms with van der Waals surface area (Å²) >= 11 is 1.65. The SMILES string of the molecule is COC(=O)[C@@H]1CCC[C@@H]2SCC[C@H](NC(=O)[C@H](CC[C@H](Cc3ccccc3)C(=O)NC3CC=CCCN(Cc4ccccc4)C3=O)Cc3ccccc3)C(=O)N21. The Bertz CT molecular complexity index is 1810. The predicted molar refractivity (Wildman–Crippen MR) is 218 cm³/mol. The quantitative estimate of drug-likeness (QED) is 0.156. The molecule has 6 rings (SSSR count). The van der Waals surface area contributed by atoms with E-state index >= 15 is 0 Å². The van der Waals surface area contributed by atoms with Crippen molar-refractivity contribution in [1.82, 2.24) is 20.4 Å². The first-order valence-corrected chi connectivity index (χ1v) is 21.0. The Balaban J connectivity index is 1.19. The van der Waals surface area contributed by atoms with Gasteiger partial charge >= 0.3 is 5.97 Å². The Morgan fingerprint density at radius 2 is 1.30 bits per heavy atom. The third-order valence-corrected chi connectivity index (χ3v) is 12.5. The number of fused-ring (bicyclic) bond motifs is 1. The largest absolute Gasteiger partial charge is 0.467 e. The molecular formula is C45H54N4O6S. The van der Waals surface area contributed by atoms with Gasteiger partial charge in [-0.2, -0.15) is 0 Å². The van der Waals surface area contributed by atoms with Crippen molar-refractivity contribution in [3.8, 4) is 0 Å². The number of thioether (sulfide) groups is 1. The highest BCUT2D eigenvalue weighted by atomic mass is 32.2. The van der Waals surface area contributed by atoms with E-state index < -0.39 is 35.9 Å². The highest BCUT2D eigenvalue weighted by Gasteiger charge is 2.44. The van der Waals surface area contributed by atoms with Crippen molar-refractivity contribution in [3.63, 3.8) is 0 Å². The zero-order valence-electron chi connectivity index (χ0n) is 32.2. The number of amides is 4. The normalized spacial score (nSPS) is 22.4. The molecule has 10 nitrogen and oxygen atoms in total. The Kier molecular flexibility index (Phi) is 14.8. The molecular weight excluding hydrogens is 725 g/mol. The molecule has 56 heavy (non-hydrogen) atoms. The minimum Gasteiger partial charge on any atom is -0.467 e. The lowest BCUT2D eigenvalue weighted by Crippen LogP contribution is -2.57. The van der Waals surface area contributed by atoms with Crippen LogP contribution in [0.5, 0.6) is 0 Å². The molecule has 0 spiro atoms. The maximum atomic E-state index is 14.3. The number of hydrogen-bond acceptors (Lipinski definition) is 7. The number of benzene rings is 3. The average Bonchev–Trinajstić information content (AvgIpc) is 3.38. The van der Waals surface area contributed by atoms with E-state index in [-0.39, 0.29) is 29.0 Å². The van der Waals surface area contributed by atoms with Gasteiger partial charge in [0.15, 0.2) is 0 Å². The maximum Gasteiger partial charge on any atom is 0.328 e. The third-order valence-electron chi connectivity index (χ3n) is 11.1. The van der Waals surface area contributed by atoms with Gasteiger partial charge in [0.05, 0.1) is 12.5 Å². The molecule has 2 saturated heterocycles. The van der Waals surface area contributed by atoms with Crippen LogP contribution in [0.3, 0.4) is 0 Å². The first kappa shape index (κ1) is 40.8. The van der Waals surface area contributed by atoms with Crippen molar-refractivity contribution in [1.29, 1.82) is 0 Å². The molecule has 4 amide bonds. The van der Waals surface area contributed by atoms with Crippen LogP contribution in [-0.2, 0) is 48.1 Å². The van der Waals surface area contributed by atoms with Crippen molar-refractivity contribution in [3.05, 3.63) is 120 Å². The van der Waals surface area contributed by atoms with Gasteiger partial charge in [0.25, 0.3) is 0 Å². The molecule has 0 aliphatic carbocycles. The number of rotatable bonds is 14. The van der Waals surface area contributed by atoms with Crippen molar-refractivity contribution < 1.29 is 28.7 Å². The van der Waals surface area contributed by atoms with Gasteiger partial charge in [0, 0.05) is 24.9 Å². The number of carbonyl (C=O) groups excluding carboxylic acids is 5. The van der Waals surface area contributed by atoms with Crippen molar-refractivity contribution >= 4 is 41.4 Å². The summed E-state index contributed by atoms with van der Waals surface area (Å²) in [5.74, 6) is -1.63. The fraction of sp³-hybridized carbons (Fsp3) is 0.444. The van der Waals surface area contributed by atoms with Crippen LogP contribution in [0.4, 0.5) is 0 Å². The molecule has 2 N–H and O–H groups in total. The fourth-order valence-electron chi connectivity index (χ4n) is 8.07. The summed E-state index contributed by atoms with van der Waals surface area (Å²) in [7, 11) is 1.34. The standard InChI is InChI=1S/C45H54N4O6S/c1-55-45(54)39-22-14-23-40-49(39)44(53)38(26-28-56-40)47-42(51)36(30-33-17-8-3-9-18-33)25-24-35(29-32-15-6-2-7-16-32)41(50)46-37-21-12-5-13-27-48(43(37)52)31-34-19-10-4-11-20-34/h2-12,15-20,35-40H,13-14,21-31H2,1H3,(H,46,50)(H,47,51)/t35-,36-,37?,38+,39+,40+/m1/s1. The number of nitrogens with one attached hydrogen (secondary N) is 2. The summed E-state index contributed by atoms with van der Waals surface area (Å²) in [4.78, 5) is 72.9. The number of esters is 1. The molecule has 0 saturated carbocycles. The van der Waals surface area contributed by atoms with E-state index in [1.165, 1.54) is 7.11 Å². The van der Waals surface area contributed by atoms with Gasteiger partial charge in [-0.05, 0) is 86.7 Å². The van der Waals surface area contributed by atoms with Gasteiger partial charge in [-0.15, -0.1) is 11.8 Å². The number of ether oxygens (including phenoxy) is 1. The van der Waals surface area contributed by atoms with Crippen molar-refractivity contribution in [2.75, 3.05) is 19.4 Å². The summed E-state index contributed by atoms with van der Waals surface area (Å²) in [5.41, 5.74) is 3.00. The number of methoxy groups -OCH3 is 1. The molecule has 6 atom stereocenters. The maximum absolute atomic E-state index is 14.3. The Labute approximate surface area is 334 Å². The Hall–Kier alpha value is -4.90. The topological polar surface area (TPSA) is 125 Å². The van der Waals surface area contributed by atoms with Crippen LogP contribution in [0.2, 0.25) is 0 Å². The van der Waals surface area contributed by atoms with E-state index in [1.807, 2.05) is 102 Å². The minimum atomic E-state index is -0.774. The molecule has 2 fully saturated rings. The van der Waals surface area contributed by atoms with E-state index in [2.05, 4.69) is 16.7 Å². The first-order chi connectivity index (χ1) is 27.3. The fourth-order valence-corrected chi connectivity index (χ4v) is 9.46. The highest BCUT2D eigenvalue weighted by Crippen LogP contribution is 2.35. The molecule has 1 unspecified atom stereocenters. The average molecular weight is 779 g/mol. The molecule has 3 aromatic carbocycles. The molecule has 0 bridgehead atoms. The summed E-state index contributed by atoms with van der Waals surface area (Å²) in [6.07, 6.45) is 9.45. The van der Waals surface area contributed by atoms with Crippen molar-refractivity contribution in [2.24, 2.45) is 11.8 Å². The van der Waals surface area contributed by atoms with Gasteiger partial charge in [0.2, 0.25) is 23.6 Å². The Morgan fingerprint density at radius 3 is 1.89 bits per heavy atom. The summed E-state index contributed by atoms with van der Waals surface area (Å²) in [6, 6.07) is 27.3. The van der Waals surface area contributed by atoms with Crippen molar-refractivity contribution in [2.45, 2.75) is 94.3 Å². The van der Waals surface area contributed by atoms with Gasteiger partial charge in [0.1, 0.15) is 18.1 Å². The first-order valence-electron chi connectivity index (χ1n) is 20.0. The Morgan fingerprint density at radius 1 is 0.732 bits per heavy atom. The van der Waals surface area contributed by atoms with Crippen LogP contribution in [0.25, 0.3) is 0 Å². The molecule has 3 aliphatic rings. The molecule has 3 aliphatic heterocycles. The van der Waals surface area contributed by atoms with Crippen LogP contribution in [0.1, 0.15) is 68.1 Å². The van der Waals surface area contributed by atoms with E-state index in [4.69, 9.17) is 4.74 Å². The second-order valence-electron chi connectivity index (χ2n) is 15.0. The van der Waals surface area contributed by atoms with E-state index in [1.54, 1.807) is 16.7 Å². The second-order valence-corrected chi connectivity index (χ2v) is 16.3. The van der Waals surface area contributed by atoms with Crippen LogP contribution in [0, 0.1) is 11.8 Å². The summed E-state index contributed by atoms with van der Waals surface area (Å²) in [6.45, 7) is 1.03. The lowest BCUT2D eigenvalue weighted by Gasteiger charge is -2.40. The number of piperidine rings is 1. The van der Waals surface area contributed by atoms with E-state index in [0.29, 0.717) is 63.8 Å². The second kappa shape index (κ2) is 20.3. The van der Waals surface area contributed by atoms with E-state index in [0.717, 1.165) is 36.0 Å². The number of hydrogen-bond donors (Lipinski definition) is 2. The van der Waals surface area contributed by atoms with Crippen LogP contribution in [-0.4, -0.2) is 82.3 Å². The molecule has 0 aromatic heterocycles. The molecule has 296 valence electrons. The smallest absolute Gasteiger partial charge is 0.328 e.